The van der Waals surface area contributed by atoms with E-state index >= 15 is 0 Å². The van der Waals surface area contributed by atoms with E-state index in [1.165, 1.54) is 0 Å². The van der Waals surface area contributed by atoms with Crippen LogP contribution in [0.3, 0.4) is 0 Å². The number of carboxylic acids is 1. The van der Waals surface area contributed by atoms with Gasteiger partial charge in [-0.2, -0.15) is 0 Å². The highest BCUT2D eigenvalue weighted by Gasteiger charge is 2.26. The number of amides is 2. The highest BCUT2D eigenvalue weighted by Crippen LogP contribution is 2.18. The molecule has 19 heavy (non-hydrogen) atoms. The fourth-order valence-electron chi connectivity index (χ4n) is 2.31. The van der Waals surface area contributed by atoms with Crippen molar-refractivity contribution in [1.82, 2.24) is 10.6 Å². The summed E-state index contributed by atoms with van der Waals surface area (Å²) in [6.45, 7) is 1.97. The van der Waals surface area contributed by atoms with Crippen molar-refractivity contribution in [3.8, 4) is 0 Å². The minimum atomic E-state index is -1.02. The van der Waals surface area contributed by atoms with E-state index in [1.807, 2.05) is 6.92 Å². The van der Waals surface area contributed by atoms with E-state index in [0.29, 0.717) is 12.8 Å². The second-order valence-corrected chi connectivity index (χ2v) is 5.11. The lowest BCUT2D eigenvalue weighted by molar-refractivity contribution is -0.139. The van der Waals surface area contributed by atoms with Gasteiger partial charge in [0.15, 0.2) is 0 Å². The number of rotatable bonds is 6. The normalized spacial score (nSPS) is 24.5. The predicted molar refractivity (Wildman–Crippen MR) is 70.9 cm³/mol. The Labute approximate surface area is 113 Å². The molecule has 2 amide bonds. The van der Waals surface area contributed by atoms with Crippen LogP contribution in [0.15, 0.2) is 0 Å². The van der Waals surface area contributed by atoms with Crippen molar-refractivity contribution < 1.29 is 19.8 Å². The van der Waals surface area contributed by atoms with E-state index in [9.17, 15) is 14.7 Å². The van der Waals surface area contributed by atoms with E-state index in [4.69, 9.17) is 5.11 Å². The van der Waals surface area contributed by atoms with E-state index in [2.05, 4.69) is 10.6 Å². The number of unbranched alkanes of at least 4 members (excludes halogenated alkanes) is 1. The van der Waals surface area contributed by atoms with Gasteiger partial charge in [-0.25, -0.2) is 9.59 Å². The average molecular weight is 272 g/mol. The molecule has 1 aliphatic carbocycles. The number of carbonyl (C=O) groups excluding carboxylic acids is 1. The molecule has 0 saturated heterocycles. The van der Waals surface area contributed by atoms with Crippen LogP contribution in [0.2, 0.25) is 0 Å². The van der Waals surface area contributed by atoms with Gasteiger partial charge in [0.1, 0.15) is 6.04 Å². The smallest absolute Gasteiger partial charge is 0.326 e. The number of aliphatic hydroxyl groups excluding tert-OH is 1. The number of nitrogens with one attached hydrogen (secondary N) is 2. The van der Waals surface area contributed by atoms with E-state index in [-0.39, 0.29) is 6.04 Å². The second kappa shape index (κ2) is 7.99. The Morgan fingerprint density at radius 1 is 1.32 bits per heavy atom. The van der Waals surface area contributed by atoms with Crippen LogP contribution in [-0.4, -0.2) is 40.4 Å². The van der Waals surface area contributed by atoms with Gasteiger partial charge in [-0.15, -0.1) is 0 Å². The molecule has 6 heteroatoms. The summed E-state index contributed by atoms with van der Waals surface area (Å²) in [5, 5.41) is 23.9. The van der Waals surface area contributed by atoms with Crippen molar-refractivity contribution in [2.75, 3.05) is 0 Å². The largest absolute Gasteiger partial charge is 0.480 e. The third-order valence-corrected chi connectivity index (χ3v) is 3.50. The summed E-state index contributed by atoms with van der Waals surface area (Å²) in [6, 6.07) is -1.63. The van der Waals surface area contributed by atoms with Gasteiger partial charge >= 0.3 is 12.0 Å². The molecule has 0 aromatic heterocycles. The third kappa shape index (κ3) is 5.46. The SMILES string of the molecule is CCCCC(NC(=O)NC1CCCCC1O)C(=O)O. The molecule has 0 aromatic carbocycles. The monoisotopic (exact) mass is 272 g/mol. The minimum Gasteiger partial charge on any atom is -0.480 e. The average Bonchev–Trinajstić information content (AvgIpc) is 2.37. The zero-order valence-corrected chi connectivity index (χ0v) is 11.4. The molecule has 3 unspecified atom stereocenters. The van der Waals surface area contributed by atoms with Crippen molar-refractivity contribution in [2.45, 2.75) is 70.1 Å². The first kappa shape index (κ1) is 15.8. The maximum atomic E-state index is 11.7. The maximum Gasteiger partial charge on any atom is 0.326 e. The fraction of sp³-hybridized carbons (Fsp3) is 0.846. The lowest BCUT2D eigenvalue weighted by Gasteiger charge is -2.28. The summed E-state index contributed by atoms with van der Waals surface area (Å²) in [4.78, 5) is 22.7. The van der Waals surface area contributed by atoms with Gasteiger partial charge in [0.25, 0.3) is 0 Å². The number of hydrogen-bond donors (Lipinski definition) is 4. The lowest BCUT2D eigenvalue weighted by Crippen LogP contribution is -2.52. The summed E-state index contributed by atoms with van der Waals surface area (Å²) < 4.78 is 0. The third-order valence-electron chi connectivity index (χ3n) is 3.50. The number of urea groups is 1. The summed E-state index contributed by atoms with van der Waals surface area (Å²) >= 11 is 0. The highest BCUT2D eigenvalue weighted by atomic mass is 16.4. The van der Waals surface area contributed by atoms with Crippen LogP contribution in [0.5, 0.6) is 0 Å². The molecule has 0 heterocycles. The number of carbonyl (C=O) groups is 2. The van der Waals surface area contributed by atoms with Crippen molar-refractivity contribution >= 4 is 12.0 Å². The predicted octanol–water partition coefficient (Wildman–Crippen LogP) is 1.23. The second-order valence-electron chi connectivity index (χ2n) is 5.11. The zero-order valence-electron chi connectivity index (χ0n) is 11.4. The molecule has 0 aromatic rings. The first-order chi connectivity index (χ1) is 9.04. The summed E-state index contributed by atoms with van der Waals surface area (Å²) in [6.07, 6.45) is 4.89. The van der Waals surface area contributed by atoms with Crippen LogP contribution in [0.4, 0.5) is 4.79 Å². The molecule has 1 fully saturated rings. The Balaban J connectivity index is 2.40. The van der Waals surface area contributed by atoms with Gasteiger partial charge in [0.05, 0.1) is 12.1 Å². The van der Waals surface area contributed by atoms with E-state index < -0.39 is 24.1 Å². The minimum absolute atomic E-state index is 0.269. The Hall–Kier alpha value is -1.30. The van der Waals surface area contributed by atoms with Gasteiger partial charge in [0, 0.05) is 0 Å². The van der Waals surface area contributed by atoms with Crippen LogP contribution in [0.1, 0.15) is 51.9 Å². The molecule has 4 N–H and O–H groups in total. The lowest BCUT2D eigenvalue weighted by atomic mass is 9.93. The Bertz CT molecular complexity index is 309. The zero-order chi connectivity index (χ0) is 14.3. The van der Waals surface area contributed by atoms with Gasteiger partial charge < -0.3 is 20.8 Å². The molecule has 1 saturated carbocycles. The molecule has 3 atom stereocenters. The van der Waals surface area contributed by atoms with Gasteiger partial charge in [-0.1, -0.05) is 32.6 Å². The molecular weight excluding hydrogens is 248 g/mol. The Kier molecular flexibility index (Phi) is 6.62. The Morgan fingerprint density at radius 2 is 2.00 bits per heavy atom. The first-order valence-electron chi connectivity index (χ1n) is 7.02. The van der Waals surface area contributed by atoms with Crippen LogP contribution in [0, 0.1) is 0 Å². The van der Waals surface area contributed by atoms with Crippen molar-refractivity contribution in [2.24, 2.45) is 0 Å². The molecule has 110 valence electrons. The van der Waals surface area contributed by atoms with Crippen molar-refractivity contribution in [3.05, 3.63) is 0 Å². The van der Waals surface area contributed by atoms with Crippen molar-refractivity contribution in [1.29, 1.82) is 0 Å². The molecular formula is C13H24N2O4. The maximum absolute atomic E-state index is 11.7. The molecule has 0 bridgehead atoms. The summed E-state index contributed by atoms with van der Waals surface area (Å²) in [5.41, 5.74) is 0. The molecule has 1 aliphatic rings. The van der Waals surface area contributed by atoms with Crippen LogP contribution < -0.4 is 10.6 Å². The van der Waals surface area contributed by atoms with Crippen LogP contribution in [0.25, 0.3) is 0 Å². The Morgan fingerprint density at radius 3 is 2.58 bits per heavy atom. The molecule has 1 rings (SSSR count). The number of carboxylic acid groups (broad SMARTS) is 1. The molecule has 0 aliphatic heterocycles. The van der Waals surface area contributed by atoms with Crippen LogP contribution >= 0.6 is 0 Å². The topological polar surface area (TPSA) is 98.7 Å². The van der Waals surface area contributed by atoms with Gasteiger partial charge in [-0.3, -0.25) is 0 Å². The fourth-order valence-corrected chi connectivity index (χ4v) is 2.31. The standard InChI is InChI=1S/C13H24N2O4/c1-2-3-6-10(12(17)18)15-13(19)14-9-7-4-5-8-11(9)16/h9-11,16H,2-8H2,1H3,(H,17,18)(H2,14,15,19). The molecule has 0 radical (unpaired) electrons. The van der Waals surface area contributed by atoms with E-state index in [1.54, 1.807) is 0 Å². The molecule has 6 nitrogen and oxygen atoms in total. The highest BCUT2D eigenvalue weighted by molar-refractivity contribution is 5.82. The van der Waals surface area contributed by atoms with Crippen LogP contribution in [-0.2, 0) is 4.79 Å². The summed E-state index contributed by atoms with van der Waals surface area (Å²) in [7, 11) is 0. The number of aliphatic hydroxyl groups is 1. The van der Waals surface area contributed by atoms with Crippen molar-refractivity contribution in [3.63, 3.8) is 0 Å². The first-order valence-corrected chi connectivity index (χ1v) is 7.02. The van der Waals surface area contributed by atoms with E-state index in [0.717, 1.165) is 32.1 Å². The number of hydrogen-bond acceptors (Lipinski definition) is 3. The number of aliphatic carboxylic acids is 1. The quantitative estimate of drug-likeness (QED) is 0.584. The molecule has 0 spiro atoms. The van der Waals surface area contributed by atoms with Gasteiger partial charge in [0.2, 0.25) is 0 Å². The summed E-state index contributed by atoms with van der Waals surface area (Å²) in [5.74, 6) is -1.02. The van der Waals surface area contributed by atoms with Gasteiger partial charge in [-0.05, 0) is 19.3 Å².